The van der Waals surface area contributed by atoms with Crippen LogP contribution in [0.15, 0.2) is 0 Å². The summed E-state index contributed by atoms with van der Waals surface area (Å²) in [5, 5.41) is 0. The number of rotatable bonds is 8. The van der Waals surface area contributed by atoms with Gasteiger partial charge in [0.1, 0.15) is 5.78 Å². The Bertz CT molecular complexity index is 156. The monoisotopic (exact) mass is 199 g/mol. The molecule has 0 bridgehead atoms. The first-order valence-corrected chi connectivity index (χ1v) is 5.85. The van der Waals surface area contributed by atoms with Gasteiger partial charge in [-0.1, -0.05) is 20.3 Å². The first kappa shape index (κ1) is 13.6. The van der Waals surface area contributed by atoms with Crippen LogP contribution < -0.4 is 0 Å². The Morgan fingerprint density at radius 1 is 1.29 bits per heavy atom. The SMILES string of the molecule is CCCCN(CCC(C)=O)C(C)CC. The van der Waals surface area contributed by atoms with Crippen LogP contribution in [0.3, 0.4) is 0 Å². The molecule has 0 aliphatic carbocycles. The standard InChI is InChI=1S/C12H25NO/c1-5-7-9-13(11(3)6-2)10-8-12(4)14/h11H,5-10H2,1-4H3. The van der Waals surface area contributed by atoms with Crippen LogP contribution in [0.1, 0.15) is 53.4 Å². The molecular formula is C12H25NO. The highest BCUT2D eigenvalue weighted by Gasteiger charge is 2.11. The van der Waals surface area contributed by atoms with Crippen molar-refractivity contribution < 1.29 is 4.79 Å². The van der Waals surface area contributed by atoms with Crippen LogP contribution in [0.5, 0.6) is 0 Å². The third-order valence-electron chi connectivity index (χ3n) is 2.76. The first-order chi connectivity index (χ1) is 6.61. The topological polar surface area (TPSA) is 20.3 Å². The summed E-state index contributed by atoms with van der Waals surface area (Å²) < 4.78 is 0. The normalized spacial score (nSPS) is 13.2. The van der Waals surface area contributed by atoms with Gasteiger partial charge in [0.2, 0.25) is 0 Å². The highest BCUT2D eigenvalue weighted by Crippen LogP contribution is 2.06. The van der Waals surface area contributed by atoms with E-state index in [1.807, 2.05) is 0 Å². The molecule has 1 unspecified atom stereocenters. The highest BCUT2D eigenvalue weighted by atomic mass is 16.1. The van der Waals surface area contributed by atoms with Gasteiger partial charge in [0, 0.05) is 19.0 Å². The van der Waals surface area contributed by atoms with Crippen molar-refractivity contribution in [3.05, 3.63) is 0 Å². The van der Waals surface area contributed by atoms with Crippen LogP contribution in [0.4, 0.5) is 0 Å². The molecule has 0 N–H and O–H groups in total. The van der Waals surface area contributed by atoms with Crippen molar-refractivity contribution in [1.29, 1.82) is 0 Å². The van der Waals surface area contributed by atoms with Crippen molar-refractivity contribution in [2.24, 2.45) is 0 Å². The lowest BCUT2D eigenvalue weighted by Gasteiger charge is -2.27. The van der Waals surface area contributed by atoms with Gasteiger partial charge < -0.3 is 4.90 Å². The average Bonchev–Trinajstić information content (AvgIpc) is 2.16. The number of ketones is 1. The van der Waals surface area contributed by atoms with Crippen LogP contribution in [0.25, 0.3) is 0 Å². The molecule has 0 saturated carbocycles. The number of carbonyl (C=O) groups is 1. The van der Waals surface area contributed by atoms with Gasteiger partial charge in [-0.05, 0) is 33.2 Å². The van der Waals surface area contributed by atoms with E-state index in [-0.39, 0.29) is 0 Å². The van der Waals surface area contributed by atoms with Crippen LogP contribution >= 0.6 is 0 Å². The van der Waals surface area contributed by atoms with Crippen molar-refractivity contribution in [3.8, 4) is 0 Å². The van der Waals surface area contributed by atoms with Crippen molar-refractivity contribution in [1.82, 2.24) is 4.90 Å². The first-order valence-electron chi connectivity index (χ1n) is 5.85. The maximum absolute atomic E-state index is 10.9. The summed E-state index contributed by atoms with van der Waals surface area (Å²) in [6, 6.07) is 0.612. The van der Waals surface area contributed by atoms with E-state index in [1.54, 1.807) is 6.92 Å². The summed E-state index contributed by atoms with van der Waals surface area (Å²) in [5.41, 5.74) is 0. The van der Waals surface area contributed by atoms with Crippen molar-refractivity contribution in [3.63, 3.8) is 0 Å². The molecule has 84 valence electrons. The second-order valence-corrected chi connectivity index (χ2v) is 4.10. The van der Waals surface area contributed by atoms with Gasteiger partial charge in [-0.25, -0.2) is 0 Å². The van der Waals surface area contributed by atoms with E-state index in [1.165, 1.54) is 19.3 Å². The fourth-order valence-electron chi connectivity index (χ4n) is 1.47. The minimum atomic E-state index is 0.301. The number of hydrogen-bond acceptors (Lipinski definition) is 2. The molecule has 2 heteroatoms. The third kappa shape index (κ3) is 6.14. The fourth-order valence-corrected chi connectivity index (χ4v) is 1.47. The molecule has 0 amide bonds. The predicted octanol–water partition coefficient (Wildman–Crippen LogP) is 2.87. The molecule has 0 aromatic carbocycles. The smallest absolute Gasteiger partial charge is 0.131 e. The molecule has 0 spiro atoms. The lowest BCUT2D eigenvalue weighted by molar-refractivity contribution is -0.117. The molecule has 0 heterocycles. The summed E-state index contributed by atoms with van der Waals surface area (Å²) >= 11 is 0. The summed E-state index contributed by atoms with van der Waals surface area (Å²) in [7, 11) is 0. The molecule has 0 aliphatic rings. The van der Waals surface area contributed by atoms with E-state index in [9.17, 15) is 4.79 Å². The molecular weight excluding hydrogens is 174 g/mol. The Hall–Kier alpha value is -0.370. The van der Waals surface area contributed by atoms with Crippen LogP contribution in [0, 0.1) is 0 Å². The minimum Gasteiger partial charge on any atom is -0.300 e. The molecule has 0 rings (SSSR count). The Kier molecular flexibility index (Phi) is 7.77. The molecule has 0 fully saturated rings. The number of unbranched alkanes of at least 4 members (excludes halogenated alkanes) is 1. The number of hydrogen-bond donors (Lipinski definition) is 0. The molecule has 0 radical (unpaired) electrons. The van der Waals surface area contributed by atoms with Crippen LogP contribution in [-0.2, 0) is 4.79 Å². The molecule has 0 aromatic heterocycles. The zero-order chi connectivity index (χ0) is 11.0. The molecule has 0 aliphatic heterocycles. The maximum atomic E-state index is 10.9. The summed E-state index contributed by atoms with van der Waals surface area (Å²) in [4.78, 5) is 13.3. The number of carbonyl (C=O) groups excluding carboxylic acids is 1. The molecule has 0 saturated heterocycles. The maximum Gasteiger partial charge on any atom is 0.131 e. The van der Waals surface area contributed by atoms with Gasteiger partial charge in [-0.3, -0.25) is 4.79 Å². The van der Waals surface area contributed by atoms with E-state index < -0.39 is 0 Å². The molecule has 2 nitrogen and oxygen atoms in total. The zero-order valence-electron chi connectivity index (χ0n) is 10.2. The van der Waals surface area contributed by atoms with Gasteiger partial charge in [0.05, 0.1) is 0 Å². The van der Waals surface area contributed by atoms with E-state index in [2.05, 4.69) is 25.7 Å². The zero-order valence-corrected chi connectivity index (χ0v) is 10.2. The lowest BCUT2D eigenvalue weighted by Crippen LogP contribution is -2.35. The Morgan fingerprint density at radius 2 is 1.93 bits per heavy atom. The summed E-state index contributed by atoms with van der Waals surface area (Å²) in [6.45, 7) is 10.4. The van der Waals surface area contributed by atoms with Crippen LogP contribution in [0.2, 0.25) is 0 Å². The highest BCUT2D eigenvalue weighted by molar-refractivity contribution is 5.75. The van der Waals surface area contributed by atoms with Gasteiger partial charge in [0.25, 0.3) is 0 Å². The predicted molar refractivity (Wildman–Crippen MR) is 61.5 cm³/mol. The Balaban J connectivity index is 3.89. The lowest BCUT2D eigenvalue weighted by atomic mass is 10.1. The van der Waals surface area contributed by atoms with Gasteiger partial charge in [0.15, 0.2) is 0 Å². The van der Waals surface area contributed by atoms with E-state index in [0.29, 0.717) is 18.2 Å². The van der Waals surface area contributed by atoms with E-state index in [4.69, 9.17) is 0 Å². The summed E-state index contributed by atoms with van der Waals surface area (Å²) in [5.74, 6) is 0.301. The van der Waals surface area contributed by atoms with Crippen molar-refractivity contribution >= 4 is 5.78 Å². The second kappa shape index (κ2) is 7.98. The fraction of sp³-hybridized carbons (Fsp3) is 0.917. The Morgan fingerprint density at radius 3 is 2.36 bits per heavy atom. The quantitative estimate of drug-likeness (QED) is 0.599. The Labute approximate surface area is 88.7 Å². The third-order valence-corrected chi connectivity index (χ3v) is 2.76. The number of nitrogens with zero attached hydrogens (tertiary/aromatic N) is 1. The van der Waals surface area contributed by atoms with Gasteiger partial charge in [-0.15, -0.1) is 0 Å². The minimum absolute atomic E-state index is 0.301. The second-order valence-electron chi connectivity index (χ2n) is 4.10. The van der Waals surface area contributed by atoms with E-state index in [0.717, 1.165) is 13.1 Å². The van der Waals surface area contributed by atoms with Crippen molar-refractivity contribution in [2.45, 2.75) is 59.4 Å². The van der Waals surface area contributed by atoms with Crippen LogP contribution in [-0.4, -0.2) is 29.8 Å². The van der Waals surface area contributed by atoms with Crippen molar-refractivity contribution in [2.75, 3.05) is 13.1 Å². The largest absolute Gasteiger partial charge is 0.300 e. The molecule has 0 aromatic rings. The number of Topliss-reactive ketones (excluding diaryl/α,β-unsaturated/α-hetero) is 1. The van der Waals surface area contributed by atoms with Gasteiger partial charge in [-0.2, -0.15) is 0 Å². The molecule has 1 atom stereocenters. The summed E-state index contributed by atoms with van der Waals surface area (Å²) in [6.07, 6.45) is 4.34. The van der Waals surface area contributed by atoms with E-state index >= 15 is 0 Å². The van der Waals surface area contributed by atoms with Gasteiger partial charge >= 0.3 is 0 Å². The molecule has 14 heavy (non-hydrogen) atoms. The average molecular weight is 199 g/mol.